The first-order chi connectivity index (χ1) is 11.6. The third kappa shape index (κ3) is 7.20. The van der Waals surface area contributed by atoms with E-state index in [0.717, 1.165) is 51.4 Å². The Morgan fingerprint density at radius 3 is 2.62 bits per heavy atom. The van der Waals surface area contributed by atoms with E-state index in [9.17, 15) is 9.18 Å². The summed E-state index contributed by atoms with van der Waals surface area (Å²) in [5, 5.41) is 3.43. The van der Waals surface area contributed by atoms with Crippen LogP contribution in [0.4, 0.5) is 4.39 Å². The number of thiocarbonyl (C=S) groups is 1. The standard InChI is InChI=1S/C16H23FN4O2S/c17-14-4-2-13(3-5-14)12-15(22)19-20-16(24)18-6-1-7-21-8-10-23-11-9-21/h2-5H,1,6-12H2,(H,19,22)(H2,18,20,24). The molecule has 1 aliphatic heterocycles. The fraction of sp³-hybridized carbons (Fsp3) is 0.500. The summed E-state index contributed by atoms with van der Waals surface area (Å²) in [7, 11) is 0. The number of benzene rings is 1. The highest BCUT2D eigenvalue weighted by molar-refractivity contribution is 7.80. The van der Waals surface area contributed by atoms with Gasteiger partial charge >= 0.3 is 0 Å². The lowest BCUT2D eigenvalue weighted by Crippen LogP contribution is -2.47. The van der Waals surface area contributed by atoms with Crippen molar-refractivity contribution in [1.29, 1.82) is 0 Å². The zero-order valence-corrected chi connectivity index (χ0v) is 14.3. The maximum absolute atomic E-state index is 12.8. The second kappa shape index (κ2) is 10.2. The number of rotatable bonds is 6. The van der Waals surface area contributed by atoms with E-state index in [2.05, 4.69) is 21.1 Å². The number of nitrogens with zero attached hydrogens (tertiary/aromatic N) is 1. The normalized spacial score (nSPS) is 14.9. The lowest BCUT2D eigenvalue weighted by Gasteiger charge is -2.26. The van der Waals surface area contributed by atoms with Gasteiger partial charge in [0.25, 0.3) is 0 Å². The Labute approximate surface area is 146 Å². The van der Waals surface area contributed by atoms with E-state index in [1.807, 2.05) is 0 Å². The third-order valence-corrected chi connectivity index (χ3v) is 3.88. The van der Waals surface area contributed by atoms with Gasteiger partial charge in [0.1, 0.15) is 5.82 Å². The topological polar surface area (TPSA) is 65.6 Å². The van der Waals surface area contributed by atoms with Gasteiger partial charge in [-0.3, -0.25) is 20.5 Å². The molecule has 0 bridgehead atoms. The van der Waals surface area contributed by atoms with Gasteiger partial charge in [-0.15, -0.1) is 0 Å². The average Bonchev–Trinajstić information content (AvgIpc) is 2.60. The molecule has 1 aromatic rings. The molecule has 0 atom stereocenters. The monoisotopic (exact) mass is 354 g/mol. The Bertz CT molecular complexity index is 535. The van der Waals surface area contributed by atoms with Crippen LogP contribution in [0.2, 0.25) is 0 Å². The highest BCUT2D eigenvalue weighted by Gasteiger charge is 2.09. The summed E-state index contributed by atoms with van der Waals surface area (Å²) in [6.07, 6.45) is 1.12. The number of carbonyl (C=O) groups excluding carboxylic acids is 1. The maximum Gasteiger partial charge on any atom is 0.242 e. The smallest absolute Gasteiger partial charge is 0.242 e. The molecule has 132 valence electrons. The van der Waals surface area contributed by atoms with Crippen LogP contribution in [0, 0.1) is 5.82 Å². The van der Waals surface area contributed by atoms with Crippen molar-refractivity contribution in [2.45, 2.75) is 12.8 Å². The number of hydrogen-bond donors (Lipinski definition) is 3. The van der Waals surface area contributed by atoms with E-state index in [-0.39, 0.29) is 18.1 Å². The largest absolute Gasteiger partial charge is 0.379 e. The van der Waals surface area contributed by atoms with Crippen molar-refractivity contribution in [3.05, 3.63) is 35.6 Å². The van der Waals surface area contributed by atoms with Crippen LogP contribution in [-0.4, -0.2) is 55.3 Å². The van der Waals surface area contributed by atoms with E-state index >= 15 is 0 Å². The second-order valence-corrected chi connectivity index (χ2v) is 5.95. The molecule has 2 rings (SSSR count). The van der Waals surface area contributed by atoms with E-state index in [1.54, 1.807) is 12.1 Å². The van der Waals surface area contributed by atoms with Crippen molar-refractivity contribution in [2.24, 2.45) is 0 Å². The number of carbonyl (C=O) groups is 1. The fourth-order valence-electron chi connectivity index (χ4n) is 2.33. The predicted molar refractivity (Wildman–Crippen MR) is 93.9 cm³/mol. The summed E-state index contributed by atoms with van der Waals surface area (Å²) in [4.78, 5) is 14.1. The molecule has 1 aromatic carbocycles. The quantitative estimate of drug-likeness (QED) is 0.395. The highest BCUT2D eigenvalue weighted by Crippen LogP contribution is 2.03. The van der Waals surface area contributed by atoms with E-state index in [1.165, 1.54) is 12.1 Å². The molecule has 24 heavy (non-hydrogen) atoms. The summed E-state index contributed by atoms with van der Waals surface area (Å²) in [6.45, 7) is 5.28. The van der Waals surface area contributed by atoms with Gasteiger partial charge in [0.05, 0.1) is 19.6 Å². The molecule has 8 heteroatoms. The lowest BCUT2D eigenvalue weighted by molar-refractivity contribution is -0.121. The molecular weight excluding hydrogens is 331 g/mol. The molecule has 0 aliphatic carbocycles. The van der Waals surface area contributed by atoms with Crippen LogP contribution in [-0.2, 0) is 16.0 Å². The predicted octanol–water partition coefficient (Wildman–Crippen LogP) is 0.586. The van der Waals surface area contributed by atoms with Crippen LogP contribution in [0.1, 0.15) is 12.0 Å². The van der Waals surface area contributed by atoms with Crippen LogP contribution >= 0.6 is 12.2 Å². The maximum atomic E-state index is 12.8. The van der Waals surface area contributed by atoms with Gasteiger partial charge in [-0.05, 0) is 42.9 Å². The Hall–Kier alpha value is -1.77. The molecule has 1 saturated heterocycles. The van der Waals surface area contributed by atoms with E-state index < -0.39 is 0 Å². The van der Waals surface area contributed by atoms with Crippen molar-refractivity contribution in [3.8, 4) is 0 Å². The Balaban J connectivity index is 1.53. The van der Waals surface area contributed by atoms with Crippen molar-refractivity contribution in [2.75, 3.05) is 39.4 Å². The van der Waals surface area contributed by atoms with Crippen molar-refractivity contribution in [1.82, 2.24) is 21.1 Å². The molecule has 0 aromatic heterocycles. The molecule has 0 radical (unpaired) electrons. The minimum absolute atomic E-state index is 0.160. The number of nitrogens with one attached hydrogen (secondary N) is 3. The summed E-state index contributed by atoms with van der Waals surface area (Å²) in [6, 6.07) is 5.82. The molecule has 0 saturated carbocycles. The van der Waals surface area contributed by atoms with Crippen molar-refractivity contribution < 1.29 is 13.9 Å². The SMILES string of the molecule is O=C(Cc1ccc(F)cc1)NNC(=S)NCCCN1CCOCC1. The number of hydrogen-bond acceptors (Lipinski definition) is 4. The van der Waals surface area contributed by atoms with Crippen molar-refractivity contribution >= 4 is 23.2 Å². The molecule has 1 fully saturated rings. The van der Waals surface area contributed by atoms with Crippen LogP contribution < -0.4 is 16.2 Å². The molecular formula is C16H23FN4O2S. The van der Waals surface area contributed by atoms with Crippen LogP contribution in [0.25, 0.3) is 0 Å². The zero-order chi connectivity index (χ0) is 17.2. The Morgan fingerprint density at radius 2 is 1.92 bits per heavy atom. The van der Waals surface area contributed by atoms with E-state index in [0.29, 0.717) is 5.11 Å². The molecule has 1 heterocycles. The molecule has 3 N–H and O–H groups in total. The molecule has 1 aliphatic rings. The number of ether oxygens (including phenoxy) is 1. The average molecular weight is 354 g/mol. The minimum Gasteiger partial charge on any atom is -0.379 e. The lowest BCUT2D eigenvalue weighted by atomic mass is 10.1. The van der Waals surface area contributed by atoms with Crippen molar-refractivity contribution in [3.63, 3.8) is 0 Å². The summed E-state index contributed by atoms with van der Waals surface area (Å²) in [5.41, 5.74) is 5.92. The number of morpholine rings is 1. The first kappa shape index (κ1) is 18.6. The van der Waals surface area contributed by atoms with Gasteiger partial charge in [-0.1, -0.05) is 12.1 Å². The Kier molecular flexibility index (Phi) is 7.87. The highest BCUT2D eigenvalue weighted by atomic mass is 32.1. The number of amides is 1. The van der Waals surface area contributed by atoms with Crippen LogP contribution in [0.5, 0.6) is 0 Å². The fourth-order valence-corrected chi connectivity index (χ4v) is 2.48. The van der Waals surface area contributed by atoms with Gasteiger partial charge < -0.3 is 10.1 Å². The summed E-state index contributed by atoms with van der Waals surface area (Å²) >= 11 is 5.10. The first-order valence-electron chi connectivity index (χ1n) is 8.01. The second-order valence-electron chi connectivity index (χ2n) is 5.54. The van der Waals surface area contributed by atoms with Gasteiger partial charge in [-0.2, -0.15) is 0 Å². The van der Waals surface area contributed by atoms with E-state index in [4.69, 9.17) is 17.0 Å². The van der Waals surface area contributed by atoms with Gasteiger partial charge in [0.15, 0.2) is 5.11 Å². The molecule has 1 amide bonds. The van der Waals surface area contributed by atoms with Gasteiger partial charge in [0.2, 0.25) is 5.91 Å². The minimum atomic E-state index is -0.320. The Morgan fingerprint density at radius 1 is 1.21 bits per heavy atom. The number of hydrazine groups is 1. The first-order valence-corrected chi connectivity index (χ1v) is 8.41. The third-order valence-electron chi connectivity index (χ3n) is 3.63. The van der Waals surface area contributed by atoms with Crippen LogP contribution in [0.15, 0.2) is 24.3 Å². The molecule has 0 unspecified atom stereocenters. The molecule has 6 nitrogen and oxygen atoms in total. The zero-order valence-electron chi connectivity index (χ0n) is 13.5. The van der Waals surface area contributed by atoms with Gasteiger partial charge in [-0.25, -0.2) is 4.39 Å². The van der Waals surface area contributed by atoms with Gasteiger partial charge in [0, 0.05) is 19.6 Å². The summed E-state index contributed by atoms with van der Waals surface area (Å²) in [5.74, 6) is -0.557. The molecule has 0 spiro atoms. The van der Waals surface area contributed by atoms with Crippen LogP contribution in [0.3, 0.4) is 0 Å². The number of halogens is 1. The summed E-state index contributed by atoms with van der Waals surface area (Å²) < 4.78 is 18.1.